The number of nitrogens with zero attached hydrogens (tertiary/aromatic N) is 1. The van der Waals surface area contributed by atoms with Gasteiger partial charge in [-0.3, -0.25) is 9.59 Å². The van der Waals surface area contributed by atoms with Crippen molar-refractivity contribution < 1.29 is 9.59 Å². The fraction of sp³-hybridized carbons (Fsp3) is 0.200. The molecule has 0 saturated carbocycles. The first kappa shape index (κ1) is 19.7. The third kappa shape index (κ3) is 4.06. The van der Waals surface area contributed by atoms with E-state index in [1.807, 2.05) is 92.7 Å². The van der Waals surface area contributed by atoms with Crippen LogP contribution < -0.4 is 15.5 Å². The largest absolute Gasteiger partial charge is 0.356 e. The first-order valence-corrected chi connectivity index (χ1v) is 10.2. The predicted molar refractivity (Wildman–Crippen MR) is 121 cm³/mol. The lowest BCUT2D eigenvalue weighted by Crippen LogP contribution is -2.42. The summed E-state index contributed by atoms with van der Waals surface area (Å²) in [7, 11) is 0. The maximum atomic E-state index is 13.6. The number of benzene rings is 3. The van der Waals surface area contributed by atoms with E-state index in [-0.39, 0.29) is 24.3 Å². The molecule has 4 rings (SSSR count). The van der Waals surface area contributed by atoms with Crippen LogP contribution >= 0.6 is 0 Å². The molecule has 152 valence electrons. The molecule has 3 aromatic carbocycles. The summed E-state index contributed by atoms with van der Waals surface area (Å²) in [5.41, 5.74) is 4.36. The fourth-order valence-corrected chi connectivity index (χ4v) is 3.87. The summed E-state index contributed by atoms with van der Waals surface area (Å²) in [5, 5.41) is 6.22. The smallest absolute Gasteiger partial charge is 0.235 e. The third-order valence-corrected chi connectivity index (χ3v) is 5.26. The van der Waals surface area contributed by atoms with Crippen molar-refractivity contribution >= 4 is 34.6 Å². The Morgan fingerprint density at radius 2 is 1.57 bits per heavy atom. The molecule has 5 heteroatoms. The van der Waals surface area contributed by atoms with Crippen molar-refractivity contribution in [3.8, 4) is 0 Å². The maximum Gasteiger partial charge on any atom is 0.235 e. The highest BCUT2D eigenvalue weighted by Crippen LogP contribution is 2.35. The summed E-state index contributed by atoms with van der Waals surface area (Å²) >= 11 is 0. The van der Waals surface area contributed by atoms with Crippen LogP contribution in [0.5, 0.6) is 0 Å². The van der Waals surface area contributed by atoms with E-state index in [0.717, 1.165) is 28.3 Å². The van der Waals surface area contributed by atoms with Crippen molar-refractivity contribution in [2.75, 3.05) is 15.5 Å². The van der Waals surface area contributed by atoms with Crippen LogP contribution in [0.4, 0.5) is 22.7 Å². The van der Waals surface area contributed by atoms with Crippen LogP contribution in [0, 0.1) is 0 Å². The van der Waals surface area contributed by atoms with Crippen molar-refractivity contribution in [2.45, 2.75) is 32.2 Å². The predicted octanol–water partition coefficient (Wildman–Crippen LogP) is 5.30. The van der Waals surface area contributed by atoms with Gasteiger partial charge >= 0.3 is 0 Å². The van der Waals surface area contributed by atoms with Crippen LogP contribution in [0.2, 0.25) is 0 Å². The molecule has 0 aromatic heterocycles. The molecule has 2 amide bonds. The minimum atomic E-state index is -0.487. The molecule has 0 bridgehead atoms. The van der Waals surface area contributed by atoms with Gasteiger partial charge in [-0.15, -0.1) is 0 Å². The highest BCUT2D eigenvalue weighted by Gasteiger charge is 2.34. The average Bonchev–Trinajstić information content (AvgIpc) is 2.75. The van der Waals surface area contributed by atoms with Crippen LogP contribution in [-0.2, 0) is 9.59 Å². The SMILES string of the molecule is CC(C)N(C(=O)[C@@H]1CC(=O)Nc2ccccc21)c1ccc(Nc2ccccc2)cc1. The second-order valence-electron chi connectivity index (χ2n) is 7.73. The molecule has 1 atom stereocenters. The molecule has 5 nitrogen and oxygen atoms in total. The quantitative estimate of drug-likeness (QED) is 0.612. The van der Waals surface area contributed by atoms with Gasteiger partial charge in [0.05, 0.1) is 5.92 Å². The van der Waals surface area contributed by atoms with E-state index in [1.165, 1.54) is 0 Å². The molecular formula is C25H25N3O2. The molecule has 0 saturated heterocycles. The number of anilines is 4. The molecule has 0 spiro atoms. The molecule has 1 heterocycles. The number of rotatable bonds is 5. The lowest BCUT2D eigenvalue weighted by atomic mass is 9.89. The topological polar surface area (TPSA) is 61.4 Å². The van der Waals surface area contributed by atoms with Crippen molar-refractivity contribution in [3.05, 3.63) is 84.4 Å². The highest BCUT2D eigenvalue weighted by molar-refractivity contribution is 6.06. The van der Waals surface area contributed by atoms with Gasteiger partial charge in [0.25, 0.3) is 0 Å². The number of amides is 2. The number of nitrogens with one attached hydrogen (secondary N) is 2. The third-order valence-electron chi connectivity index (χ3n) is 5.26. The average molecular weight is 399 g/mol. The Labute approximate surface area is 176 Å². The van der Waals surface area contributed by atoms with Gasteiger partial charge in [0.15, 0.2) is 0 Å². The van der Waals surface area contributed by atoms with Crippen LogP contribution in [0.15, 0.2) is 78.9 Å². The molecule has 1 aliphatic rings. The number of carbonyl (C=O) groups is 2. The first-order valence-electron chi connectivity index (χ1n) is 10.2. The normalized spacial score (nSPS) is 15.3. The summed E-state index contributed by atoms with van der Waals surface area (Å²) in [6.07, 6.45) is 0.159. The Hall–Kier alpha value is -3.60. The Bertz CT molecular complexity index is 1050. The molecule has 1 aliphatic heterocycles. The lowest BCUT2D eigenvalue weighted by molar-refractivity contribution is -0.124. The van der Waals surface area contributed by atoms with E-state index in [1.54, 1.807) is 4.90 Å². The van der Waals surface area contributed by atoms with Crippen LogP contribution in [0.3, 0.4) is 0 Å². The van der Waals surface area contributed by atoms with E-state index in [9.17, 15) is 9.59 Å². The molecule has 0 unspecified atom stereocenters. The Balaban J connectivity index is 1.60. The van der Waals surface area contributed by atoms with E-state index in [4.69, 9.17) is 0 Å². The summed E-state index contributed by atoms with van der Waals surface area (Å²) in [5.74, 6) is -0.672. The Kier molecular flexibility index (Phi) is 5.53. The number of fused-ring (bicyclic) bond motifs is 1. The second-order valence-corrected chi connectivity index (χ2v) is 7.73. The molecule has 30 heavy (non-hydrogen) atoms. The van der Waals surface area contributed by atoms with E-state index in [2.05, 4.69) is 10.6 Å². The number of para-hydroxylation sites is 2. The lowest BCUT2D eigenvalue weighted by Gasteiger charge is -2.33. The summed E-state index contributed by atoms with van der Waals surface area (Å²) in [4.78, 5) is 27.5. The van der Waals surface area contributed by atoms with Crippen molar-refractivity contribution in [3.63, 3.8) is 0 Å². The van der Waals surface area contributed by atoms with Crippen LogP contribution in [-0.4, -0.2) is 17.9 Å². The van der Waals surface area contributed by atoms with Gasteiger partial charge in [-0.2, -0.15) is 0 Å². The van der Waals surface area contributed by atoms with Gasteiger partial charge in [-0.1, -0.05) is 36.4 Å². The van der Waals surface area contributed by atoms with E-state index >= 15 is 0 Å². The van der Waals surface area contributed by atoms with Gasteiger partial charge in [-0.25, -0.2) is 0 Å². The molecule has 0 radical (unpaired) electrons. The zero-order valence-electron chi connectivity index (χ0n) is 17.1. The van der Waals surface area contributed by atoms with Crippen LogP contribution in [0.1, 0.15) is 31.7 Å². The second kappa shape index (κ2) is 8.41. The monoisotopic (exact) mass is 399 g/mol. The number of hydrogen-bond donors (Lipinski definition) is 2. The van der Waals surface area contributed by atoms with Gasteiger partial charge in [0, 0.05) is 35.2 Å². The molecule has 2 N–H and O–H groups in total. The minimum Gasteiger partial charge on any atom is -0.356 e. The Morgan fingerprint density at radius 3 is 2.27 bits per heavy atom. The van der Waals surface area contributed by atoms with Crippen molar-refractivity contribution in [1.29, 1.82) is 0 Å². The van der Waals surface area contributed by atoms with Crippen molar-refractivity contribution in [2.24, 2.45) is 0 Å². The van der Waals surface area contributed by atoms with Gasteiger partial charge in [-0.05, 0) is 61.9 Å². The number of hydrogen-bond acceptors (Lipinski definition) is 3. The van der Waals surface area contributed by atoms with Crippen molar-refractivity contribution in [1.82, 2.24) is 0 Å². The maximum absolute atomic E-state index is 13.6. The molecular weight excluding hydrogens is 374 g/mol. The number of carbonyl (C=O) groups excluding carboxylic acids is 2. The van der Waals surface area contributed by atoms with Gasteiger partial charge in [0.1, 0.15) is 0 Å². The van der Waals surface area contributed by atoms with Gasteiger partial charge in [0.2, 0.25) is 11.8 Å². The zero-order valence-corrected chi connectivity index (χ0v) is 17.1. The molecule has 3 aromatic rings. The summed E-state index contributed by atoms with van der Waals surface area (Å²) in [6, 6.07) is 25.3. The van der Waals surface area contributed by atoms with E-state index in [0.29, 0.717) is 0 Å². The van der Waals surface area contributed by atoms with Crippen LogP contribution in [0.25, 0.3) is 0 Å². The standard InChI is InChI=1S/C25H25N3O2/c1-17(2)28(20-14-12-19(13-15-20)26-18-8-4-3-5-9-18)25(30)22-16-24(29)27-23-11-7-6-10-21(22)23/h3-15,17,22,26H,16H2,1-2H3,(H,27,29)/t22-/m1/s1. The molecule has 0 aliphatic carbocycles. The van der Waals surface area contributed by atoms with Gasteiger partial charge < -0.3 is 15.5 Å². The molecule has 0 fully saturated rings. The Morgan fingerprint density at radius 1 is 0.933 bits per heavy atom. The summed E-state index contributed by atoms with van der Waals surface area (Å²) in [6.45, 7) is 3.98. The fourth-order valence-electron chi connectivity index (χ4n) is 3.87. The minimum absolute atomic E-state index is 0.0393. The first-order chi connectivity index (χ1) is 14.5. The summed E-state index contributed by atoms with van der Waals surface area (Å²) < 4.78 is 0. The highest BCUT2D eigenvalue weighted by atomic mass is 16.2. The zero-order chi connectivity index (χ0) is 21.1. The van der Waals surface area contributed by atoms with E-state index < -0.39 is 5.92 Å².